The molecule has 2 aliphatic heterocycles. The summed E-state index contributed by atoms with van der Waals surface area (Å²) < 4.78 is 5.42. The summed E-state index contributed by atoms with van der Waals surface area (Å²) >= 11 is 0. The van der Waals surface area contributed by atoms with Crippen molar-refractivity contribution in [1.82, 2.24) is 0 Å². The number of piperazine rings is 1. The van der Waals surface area contributed by atoms with Crippen molar-refractivity contribution in [2.24, 2.45) is 0 Å². The maximum Gasteiger partial charge on any atom is 0.282 e. The minimum atomic E-state index is -0.0667. The lowest BCUT2D eigenvalue weighted by molar-refractivity contribution is -0.914. The van der Waals surface area contributed by atoms with Crippen molar-refractivity contribution in [3.05, 3.63) is 54.1 Å². The lowest BCUT2D eigenvalue weighted by Gasteiger charge is -2.36. The number of rotatable bonds is 5. The molecule has 0 bridgehead atoms. The number of aryl methyl sites for hydroxylation is 1. The molecular formula is C24H33N4O2+. The Kier molecular flexibility index (Phi) is 6.55. The second-order valence-corrected chi connectivity index (χ2v) is 8.29. The number of nitrogens with zero attached hydrogens (tertiary/aromatic N) is 2. The van der Waals surface area contributed by atoms with Crippen LogP contribution >= 0.6 is 0 Å². The number of amides is 1. The van der Waals surface area contributed by atoms with Gasteiger partial charge >= 0.3 is 0 Å². The number of morpholine rings is 1. The van der Waals surface area contributed by atoms with Gasteiger partial charge in [-0.1, -0.05) is 18.2 Å². The van der Waals surface area contributed by atoms with Gasteiger partial charge in [-0.3, -0.25) is 4.79 Å². The quantitative estimate of drug-likeness (QED) is 0.787. The van der Waals surface area contributed by atoms with Crippen LogP contribution < -0.4 is 20.0 Å². The number of para-hydroxylation sites is 1. The fraction of sp³-hybridized carbons (Fsp3) is 0.458. The molecule has 6 nitrogen and oxygen atoms in total. The van der Waals surface area contributed by atoms with Gasteiger partial charge in [0, 0.05) is 30.2 Å². The molecule has 2 N–H and O–H groups in total. The summed E-state index contributed by atoms with van der Waals surface area (Å²) in [6.45, 7) is 11.5. The molecule has 2 aliphatic rings. The summed E-state index contributed by atoms with van der Waals surface area (Å²) in [5, 5.41) is 3.10. The third-order valence-corrected chi connectivity index (χ3v) is 6.38. The SMILES string of the molecule is Cc1ccccc1N1CC[NH+]([C@@H](C)C(=O)Nc2ccc(N3CCOCC3)cc2)CC1. The molecule has 2 fully saturated rings. The zero-order valence-electron chi connectivity index (χ0n) is 18.1. The number of ether oxygens (including phenoxy) is 1. The molecule has 0 spiro atoms. The number of carbonyl (C=O) groups is 1. The molecule has 4 rings (SSSR count). The molecule has 2 aromatic carbocycles. The van der Waals surface area contributed by atoms with Gasteiger partial charge < -0.3 is 24.8 Å². The van der Waals surface area contributed by atoms with Crippen LogP contribution in [0.1, 0.15) is 12.5 Å². The molecule has 2 saturated heterocycles. The van der Waals surface area contributed by atoms with Crippen LogP contribution in [0.3, 0.4) is 0 Å². The van der Waals surface area contributed by atoms with Crippen LogP contribution in [0.5, 0.6) is 0 Å². The molecule has 0 aromatic heterocycles. The number of quaternary nitrogens is 1. The molecule has 1 amide bonds. The number of hydrogen-bond acceptors (Lipinski definition) is 4. The standard InChI is InChI=1S/C24H32N4O2/c1-19-5-3-4-6-23(19)28-13-11-26(12-14-28)20(2)24(29)25-21-7-9-22(10-8-21)27-15-17-30-18-16-27/h3-10,20H,11-18H2,1-2H3,(H,25,29)/p+1/t20-/m0/s1. The van der Waals surface area contributed by atoms with Crippen molar-refractivity contribution >= 4 is 23.0 Å². The van der Waals surface area contributed by atoms with E-state index < -0.39 is 0 Å². The summed E-state index contributed by atoms with van der Waals surface area (Å²) in [5.41, 5.74) is 4.67. The van der Waals surface area contributed by atoms with Gasteiger partial charge in [-0.2, -0.15) is 0 Å². The Balaban J connectivity index is 1.29. The largest absolute Gasteiger partial charge is 0.378 e. The van der Waals surface area contributed by atoms with Crippen molar-refractivity contribution in [3.63, 3.8) is 0 Å². The molecule has 2 aromatic rings. The predicted molar refractivity (Wildman–Crippen MR) is 122 cm³/mol. The monoisotopic (exact) mass is 409 g/mol. The van der Waals surface area contributed by atoms with Gasteiger partial charge in [-0.05, 0) is 49.7 Å². The fourth-order valence-electron chi connectivity index (χ4n) is 4.40. The molecule has 0 saturated carbocycles. The third kappa shape index (κ3) is 4.77. The molecule has 0 radical (unpaired) electrons. The number of anilines is 3. The number of hydrogen-bond donors (Lipinski definition) is 2. The lowest BCUT2D eigenvalue weighted by Crippen LogP contribution is -3.19. The molecular weight excluding hydrogens is 376 g/mol. The summed E-state index contributed by atoms with van der Waals surface area (Å²) in [4.78, 5) is 18.9. The topological polar surface area (TPSA) is 49.2 Å². The average Bonchev–Trinajstić information content (AvgIpc) is 2.80. The highest BCUT2D eigenvalue weighted by molar-refractivity contribution is 5.93. The summed E-state index contributed by atoms with van der Waals surface area (Å²) in [6, 6.07) is 16.6. The molecule has 1 atom stereocenters. The van der Waals surface area contributed by atoms with E-state index in [0.717, 1.165) is 58.2 Å². The molecule has 0 unspecified atom stereocenters. The Morgan fingerprint density at radius 3 is 2.30 bits per heavy atom. The maximum absolute atomic E-state index is 12.8. The highest BCUT2D eigenvalue weighted by Crippen LogP contribution is 2.20. The smallest absolute Gasteiger partial charge is 0.282 e. The predicted octanol–water partition coefficient (Wildman–Crippen LogP) is 1.56. The second kappa shape index (κ2) is 9.49. The van der Waals surface area contributed by atoms with E-state index in [-0.39, 0.29) is 11.9 Å². The van der Waals surface area contributed by atoms with Gasteiger partial charge in [0.05, 0.1) is 39.4 Å². The zero-order valence-corrected chi connectivity index (χ0v) is 18.1. The summed E-state index contributed by atoms with van der Waals surface area (Å²) in [6.07, 6.45) is 0. The van der Waals surface area contributed by atoms with Crippen LogP contribution in [0.2, 0.25) is 0 Å². The second-order valence-electron chi connectivity index (χ2n) is 8.29. The van der Waals surface area contributed by atoms with E-state index >= 15 is 0 Å². The van der Waals surface area contributed by atoms with Crippen molar-refractivity contribution in [2.45, 2.75) is 19.9 Å². The van der Waals surface area contributed by atoms with Gasteiger partial charge in [0.1, 0.15) is 0 Å². The molecule has 2 heterocycles. The molecule has 160 valence electrons. The number of nitrogens with one attached hydrogen (secondary N) is 2. The Hall–Kier alpha value is -2.57. The van der Waals surface area contributed by atoms with Crippen molar-refractivity contribution < 1.29 is 14.4 Å². The van der Waals surface area contributed by atoms with E-state index in [1.54, 1.807) is 0 Å². The summed E-state index contributed by atoms with van der Waals surface area (Å²) in [5.74, 6) is 0.0912. The minimum absolute atomic E-state index is 0.0667. The summed E-state index contributed by atoms with van der Waals surface area (Å²) in [7, 11) is 0. The van der Waals surface area contributed by atoms with Gasteiger partial charge in [0.2, 0.25) is 0 Å². The van der Waals surface area contributed by atoms with Crippen molar-refractivity contribution in [2.75, 3.05) is 67.6 Å². The Bertz CT molecular complexity index is 841. The van der Waals surface area contributed by atoms with E-state index in [4.69, 9.17) is 4.74 Å². The van der Waals surface area contributed by atoms with Crippen molar-refractivity contribution in [3.8, 4) is 0 Å². The van der Waals surface area contributed by atoms with Crippen LogP contribution in [-0.4, -0.2) is 64.4 Å². The first-order chi connectivity index (χ1) is 14.6. The molecule has 30 heavy (non-hydrogen) atoms. The van der Waals surface area contributed by atoms with Gasteiger partial charge in [-0.15, -0.1) is 0 Å². The Morgan fingerprint density at radius 2 is 1.63 bits per heavy atom. The van der Waals surface area contributed by atoms with E-state index in [2.05, 4.69) is 58.4 Å². The van der Waals surface area contributed by atoms with Gasteiger partial charge in [0.15, 0.2) is 6.04 Å². The van der Waals surface area contributed by atoms with Gasteiger partial charge in [0.25, 0.3) is 5.91 Å². The lowest BCUT2D eigenvalue weighted by atomic mass is 10.1. The first-order valence-corrected chi connectivity index (χ1v) is 11.0. The van der Waals surface area contributed by atoms with E-state index in [1.165, 1.54) is 21.8 Å². The third-order valence-electron chi connectivity index (χ3n) is 6.38. The van der Waals surface area contributed by atoms with E-state index in [9.17, 15) is 4.79 Å². The van der Waals surface area contributed by atoms with Crippen LogP contribution in [-0.2, 0) is 9.53 Å². The van der Waals surface area contributed by atoms with E-state index in [0.29, 0.717) is 0 Å². The average molecular weight is 410 g/mol. The normalized spacial score (nSPS) is 18.9. The fourth-order valence-corrected chi connectivity index (χ4v) is 4.40. The van der Waals surface area contributed by atoms with Crippen LogP contribution in [0.4, 0.5) is 17.1 Å². The molecule has 6 heteroatoms. The van der Waals surface area contributed by atoms with Crippen LogP contribution in [0.25, 0.3) is 0 Å². The van der Waals surface area contributed by atoms with Gasteiger partial charge in [-0.25, -0.2) is 0 Å². The number of benzene rings is 2. The molecule has 0 aliphatic carbocycles. The van der Waals surface area contributed by atoms with E-state index in [1.807, 2.05) is 19.1 Å². The zero-order chi connectivity index (χ0) is 20.9. The van der Waals surface area contributed by atoms with Crippen LogP contribution in [0.15, 0.2) is 48.5 Å². The highest BCUT2D eigenvalue weighted by Gasteiger charge is 2.29. The first kappa shape index (κ1) is 20.7. The Morgan fingerprint density at radius 1 is 0.967 bits per heavy atom. The van der Waals surface area contributed by atoms with Crippen molar-refractivity contribution in [1.29, 1.82) is 0 Å². The Labute approximate surface area is 179 Å². The maximum atomic E-state index is 12.8. The number of carbonyl (C=O) groups excluding carboxylic acids is 1. The highest BCUT2D eigenvalue weighted by atomic mass is 16.5. The minimum Gasteiger partial charge on any atom is -0.378 e. The first-order valence-electron chi connectivity index (χ1n) is 11.0. The van der Waals surface area contributed by atoms with Crippen LogP contribution in [0, 0.1) is 6.92 Å².